The summed E-state index contributed by atoms with van der Waals surface area (Å²) >= 11 is 0. The maximum absolute atomic E-state index is 12.1. The minimum atomic E-state index is -3.30. The van der Waals surface area contributed by atoms with Gasteiger partial charge in [0.15, 0.2) is 0 Å². The molecule has 1 aromatic rings. The molecule has 0 aliphatic rings. The molecular weight excluding hydrogens is 292 g/mol. The maximum Gasteiger partial charge on any atom is 0.269 e. The zero-order valence-corrected chi connectivity index (χ0v) is 14.1. The Bertz CT molecular complexity index is 591. The molecule has 0 aliphatic carbocycles. The molecule has 21 heavy (non-hydrogen) atoms. The summed E-state index contributed by atoms with van der Waals surface area (Å²) in [6.45, 7) is 6.59. The Morgan fingerprint density at radius 2 is 2.05 bits per heavy atom. The van der Waals surface area contributed by atoms with Gasteiger partial charge in [-0.25, -0.2) is 12.7 Å². The lowest BCUT2D eigenvalue weighted by atomic mass is 10.1. The number of amides is 1. The monoisotopic (exact) mass is 316 g/mol. The fourth-order valence-corrected chi connectivity index (χ4v) is 2.43. The number of sulfonamides is 1. The molecule has 7 nitrogen and oxygen atoms in total. The Balaban J connectivity index is 2.72. The molecule has 1 N–H and O–H groups in total. The van der Waals surface area contributed by atoms with Gasteiger partial charge >= 0.3 is 0 Å². The van der Waals surface area contributed by atoms with E-state index in [-0.39, 0.29) is 24.1 Å². The summed E-state index contributed by atoms with van der Waals surface area (Å²) in [6.07, 6.45) is 0. The summed E-state index contributed by atoms with van der Waals surface area (Å²) in [5.41, 5.74) is 1.31. The van der Waals surface area contributed by atoms with Gasteiger partial charge in [0.1, 0.15) is 5.69 Å². The minimum absolute atomic E-state index is 0.0747. The number of nitrogens with one attached hydrogen (secondary N) is 1. The number of rotatable bonds is 7. The topological polar surface area (TPSA) is 84.3 Å². The first-order valence-corrected chi connectivity index (χ1v) is 8.56. The predicted molar refractivity (Wildman–Crippen MR) is 81.8 cm³/mol. The van der Waals surface area contributed by atoms with E-state index >= 15 is 0 Å². The SMILES string of the molecule is CCn1nc(C(C)C)cc1C(=O)NCCS(=O)(=O)N(C)C. The van der Waals surface area contributed by atoms with E-state index in [1.165, 1.54) is 14.1 Å². The van der Waals surface area contributed by atoms with Crippen LogP contribution in [0.2, 0.25) is 0 Å². The third kappa shape index (κ3) is 4.53. The first-order chi connectivity index (χ1) is 9.69. The molecule has 0 unspecified atom stereocenters. The van der Waals surface area contributed by atoms with Crippen LogP contribution in [0.5, 0.6) is 0 Å². The van der Waals surface area contributed by atoms with Crippen LogP contribution < -0.4 is 5.32 Å². The number of hydrogen-bond acceptors (Lipinski definition) is 4. The predicted octanol–water partition coefficient (Wildman–Crippen LogP) is 0.648. The summed E-state index contributed by atoms with van der Waals surface area (Å²) in [5.74, 6) is -0.188. The normalized spacial score (nSPS) is 12.1. The van der Waals surface area contributed by atoms with Crippen molar-refractivity contribution >= 4 is 15.9 Å². The second kappa shape index (κ2) is 7.04. The van der Waals surface area contributed by atoms with Gasteiger partial charge < -0.3 is 5.32 Å². The van der Waals surface area contributed by atoms with Crippen molar-refractivity contribution < 1.29 is 13.2 Å². The number of aromatic nitrogens is 2. The van der Waals surface area contributed by atoms with Gasteiger partial charge in [0.2, 0.25) is 10.0 Å². The molecule has 0 atom stereocenters. The van der Waals surface area contributed by atoms with Gasteiger partial charge in [-0.05, 0) is 18.9 Å². The van der Waals surface area contributed by atoms with Crippen LogP contribution >= 0.6 is 0 Å². The van der Waals surface area contributed by atoms with Crippen molar-refractivity contribution in [3.8, 4) is 0 Å². The second-order valence-electron chi connectivity index (χ2n) is 5.28. The van der Waals surface area contributed by atoms with Crippen LogP contribution in [0.4, 0.5) is 0 Å². The van der Waals surface area contributed by atoms with Crippen molar-refractivity contribution in [2.24, 2.45) is 0 Å². The maximum atomic E-state index is 12.1. The lowest BCUT2D eigenvalue weighted by molar-refractivity contribution is 0.0945. The first-order valence-electron chi connectivity index (χ1n) is 6.95. The smallest absolute Gasteiger partial charge is 0.269 e. The van der Waals surface area contributed by atoms with Gasteiger partial charge in [-0.15, -0.1) is 0 Å². The van der Waals surface area contributed by atoms with Gasteiger partial charge in [0, 0.05) is 27.2 Å². The van der Waals surface area contributed by atoms with Crippen LogP contribution in [0.1, 0.15) is 42.9 Å². The van der Waals surface area contributed by atoms with Crippen molar-refractivity contribution in [1.29, 1.82) is 0 Å². The lowest BCUT2D eigenvalue weighted by Crippen LogP contribution is -2.34. The van der Waals surface area contributed by atoms with E-state index in [0.29, 0.717) is 12.2 Å². The minimum Gasteiger partial charge on any atom is -0.350 e. The fourth-order valence-electron chi connectivity index (χ4n) is 1.71. The highest BCUT2D eigenvalue weighted by molar-refractivity contribution is 7.89. The zero-order valence-electron chi connectivity index (χ0n) is 13.3. The summed E-state index contributed by atoms with van der Waals surface area (Å²) in [6, 6.07) is 1.75. The van der Waals surface area contributed by atoms with Gasteiger partial charge in [-0.3, -0.25) is 9.48 Å². The summed E-state index contributed by atoms with van der Waals surface area (Å²) < 4.78 is 26.0. The average Bonchev–Trinajstić information content (AvgIpc) is 2.82. The van der Waals surface area contributed by atoms with E-state index in [2.05, 4.69) is 10.4 Å². The summed E-state index contributed by atoms with van der Waals surface area (Å²) in [5, 5.41) is 6.99. The van der Waals surface area contributed by atoms with Crippen LogP contribution in [0.3, 0.4) is 0 Å². The molecule has 120 valence electrons. The third-order valence-electron chi connectivity index (χ3n) is 3.12. The first kappa shape index (κ1) is 17.6. The molecule has 0 aliphatic heterocycles. The third-order valence-corrected chi connectivity index (χ3v) is 4.96. The standard InChI is InChI=1S/C13H24N4O3S/c1-6-17-12(9-11(15-17)10(2)3)13(18)14-7-8-21(19,20)16(4)5/h9-10H,6-8H2,1-5H3,(H,14,18). The van der Waals surface area contributed by atoms with Gasteiger partial charge in [-0.2, -0.15) is 5.10 Å². The van der Waals surface area contributed by atoms with E-state index in [9.17, 15) is 13.2 Å². The molecule has 1 aromatic heterocycles. The Morgan fingerprint density at radius 3 is 2.52 bits per heavy atom. The van der Waals surface area contributed by atoms with E-state index in [1.54, 1.807) is 10.7 Å². The Kier molecular flexibility index (Phi) is 5.91. The highest BCUT2D eigenvalue weighted by atomic mass is 32.2. The molecule has 0 aromatic carbocycles. The van der Waals surface area contributed by atoms with Gasteiger partial charge in [0.25, 0.3) is 5.91 Å². The molecule has 1 amide bonds. The van der Waals surface area contributed by atoms with Crippen molar-refractivity contribution in [3.63, 3.8) is 0 Å². The molecule has 0 saturated heterocycles. The molecule has 0 bridgehead atoms. The molecule has 0 spiro atoms. The quantitative estimate of drug-likeness (QED) is 0.800. The molecule has 0 fully saturated rings. The molecule has 8 heteroatoms. The van der Waals surface area contributed by atoms with Crippen LogP contribution in [0, 0.1) is 0 Å². The zero-order chi connectivity index (χ0) is 16.2. The van der Waals surface area contributed by atoms with E-state index < -0.39 is 10.0 Å². The number of carbonyl (C=O) groups excluding carboxylic acids is 1. The molecule has 0 radical (unpaired) electrons. The lowest BCUT2D eigenvalue weighted by Gasteiger charge is -2.11. The Morgan fingerprint density at radius 1 is 1.43 bits per heavy atom. The van der Waals surface area contributed by atoms with Crippen molar-refractivity contribution in [2.45, 2.75) is 33.2 Å². The molecular formula is C13H24N4O3S. The highest BCUT2D eigenvalue weighted by Crippen LogP contribution is 2.14. The van der Waals surface area contributed by atoms with E-state index in [1.807, 2.05) is 20.8 Å². The van der Waals surface area contributed by atoms with Crippen LogP contribution in [0.25, 0.3) is 0 Å². The van der Waals surface area contributed by atoms with Crippen molar-refractivity contribution in [2.75, 3.05) is 26.4 Å². The summed E-state index contributed by atoms with van der Waals surface area (Å²) in [7, 11) is -0.363. The van der Waals surface area contributed by atoms with Crippen LogP contribution in [0.15, 0.2) is 6.07 Å². The van der Waals surface area contributed by atoms with Crippen LogP contribution in [-0.2, 0) is 16.6 Å². The summed E-state index contributed by atoms with van der Waals surface area (Å²) in [4.78, 5) is 12.1. The average molecular weight is 316 g/mol. The van der Waals surface area contributed by atoms with Crippen LogP contribution in [-0.4, -0.2) is 54.8 Å². The molecule has 0 saturated carbocycles. The number of aryl methyl sites for hydroxylation is 1. The Labute approximate surface area is 126 Å². The van der Waals surface area contributed by atoms with Gasteiger partial charge in [0.05, 0.1) is 11.4 Å². The number of carbonyl (C=O) groups is 1. The van der Waals surface area contributed by atoms with Crippen molar-refractivity contribution in [1.82, 2.24) is 19.4 Å². The largest absolute Gasteiger partial charge is 0.350 e. The van der Waals surface area contributed by atoms with Gasteiger partial charge in [-0.1, -0.05) is 13.8 Å². The molecule has 1 heterocycles. The van der Waals surface area contributed by atoms with E-state index in [4.69, 9.17) is 0 Å². The van der Waals surface area contributed by atoms with E-state index in [0.717, 1.165) is 10.00 Å². The number of hydrogen-bond donors (Lipinski definition) is 1. The van der Waals surface area contributed by atoms with Crippen molar-refractivity contribution in [3.05, 3.63) is 17.5 Å². The Hall–Kier alpha value is -1.41. The number of nitrogens with zero attached hydrogens (tertiary/aromatic N) is 3. The second-order valence-corrected chi connectivity index (χ2v) is 7.58. The molecule has 1 rings (SSSR count). The fraction of sp³-hybridized carbons (Fsp3) is 0.692. The highest BCUT2D eigenvalue weighted by Gasteiger charge is 2.18.